The van der Waals surface area contributed by atoms with Gasteiger partial charge in [0, 0.05) is 25.2 Å². The summed E-state index contributed by atoms with van der Waals surface area (Å²) in [6, 6.07) is 0.244. The highest BCUT2D eigenvalue weighted by atomic mass is 16.3. The van der Waals surface area contributed by atoms with Gasteiger partial charge in [-0.2, -0.15) is 0 Å². The van der Waals surface area contributed by atoms with Gasteiger partial charge in [0.1, 0.15) is 0 Å². The minimum atomic E-state index is 0.00282. The highest BCUT2D eigenvalue weighted by Gasteiger charge is 2.37. The third-order valence-corrected chi connectivity index (χ3v) is 4.99. The van der Waals surface area contributed by atoms with Crippen LogP contribution in [-0.2, 0) is 4.79 Å². The molecule has 3 N–H and O–H groups in total. The van der Waals surface area contributed by atoms with Crippen LogP contribution in [0.2, 0.25) is 0 Å². The first-order valence-corrected chi connectivity index (χ1v) is 7.82. The lowest BCUT2D eigenvalue weighted by atomic mass is 9.77. The number of nitrogens with zero attached hydrogens (tertiary/aromatic N) is 1. The smallest absolute Gasteiger partial charge is 0.227 e. The lowest BCUT2D eigenvalue weighted by Gasteiger charge is -2.41. The Morgan fingerprint density at radius 2 is 2.05 bits per heavy atom. The maximum Gasteiger partial charge on any atom is 0.227 e. The topological polar surface area (TPSA) is 66.6 Å². The zero-order chi connectivity index (χ0) is 13.8. The molecule has 0 aromatic carbocycles. The highest BCUT2D eigenvalue weighted by Crippen LogP contribution is 2.31. The molecule has 1 saturated carbocycles. The Labute approximate surface area is 116 Å². The molecule has 2 fully saturated rings. The Balaban J connectivity index is 2.03. The predicted molar refractivity (Wildman–Crippen MR) is 75.5 cm³/mol. The molecular formula is C15H28N2O2. The molecule has 4 atom stereocenters. The number of aliphatic hydroxyl groups excluding tert-OH is 1. The number of rotatable bonds is 3. The van der Waals surface area contributed by atoms with Crippen LogP contribution in [0.15, 0.2) is 0 Å². The Morgan fingerprint density at radius 3 is 2.79 bits per heavy atom. The number of nitrogens with two attached hydrogens (primary N) is 1. The molecule has 1 aliphatic carbocycles. The Hall–Kier alpha value is -0.610. The van der Waals surface area contributed by atoms with E-state index in [1.54, 1.807) is 0 Å². The number of amides is 1. The van der Waals surface area contributed by atoms with Crippen LogP contribution < -0.4 is 5.73 Å². The standard InChI is InChI=1S/C15H28N2O2/c1-11-5-4-7-13(14(11)16)15(19)17-9-3-2-6-12(17)8-10-18/h11-14,18H,2-10,16H2,1H3. The minimum Gasteiger partial charge on any atom is -0.396 e. The first-order chi connectivity index (χ1) is 9.15. The summed E-state index contributed by atoms with van der Waals surface area (Å²) in [6.45, 7) is 3.17. The summed E-state index contributed by atoms with van der Waals surface area (Å²) in [5, 5.41) is 9.16. The van der Waals surface area contributed by atoms with Gasteiger partial charge in [-0.05, 0) is 44.4 Å². The molecule has 4 nitrogen and oxygen atoms in total. The van der Waals surface area contributed by atoms with Crippen molar-refractivity contribution < 1.29 is 9.90 Å². The van der Waals surface area contributed by atoms with Crippen LogP contribution in [0.1, 0.15) is 51.9 Å². The summed E-state index contributed by atoms with van der Waals surface area (Å²) >= 11 is 0. The molecule has 1 heterocycles. The Morgan fingerprint density at radius 1 is 1.26 bits per heavy atom. The molecule has 1 aliphatic heterocycles. The van der Waals surface area contributed by atoms with Crippen molar-refractivity contribution in [2.75, 3.05) is 13.2 Å². The van der Waals surface area contributed by atoms with Crippen molar-refractivity contribution in [3.05, 3.63) is 0 Å². The maximum atomic E-state index is 12.8. The van der Waals surface area contributed by atoms with Gasteiger partial charge in [0.05, 0.1) is 5.92 Å². The van der Waals surface area contributed by atoms with Crippen molar-refractivity contribution >= 4 is 5.91 Å². The Bertz CT molecular complexity index is 307. The van der Waals surface area contributed by atoms with E-state index in [9.17, 15) is 4.79 Å². The molecule has 0 aromatic rings. The molecule has 1 amide bonds. The van der Waals surface area contributed by atoms with Gasteiger partial charge in [-0.25, -0.2) is 0 Å². The molecule has 110 valence electrons. The van der Waals surface area contributed by atoms with Gasteiger partial charge in [-0.15, -0.1) is 0 Å². The summed E-state index contributed by atoms with van der Waals surface area (Å²) in [5.41, 5.74) is 6.25. The van der Waals surface area contributed by atoms with Crippen LogP contribution in [-0.4, -0.2) is 41.1 Å². The van der Waals surface area contributed by atoms with Gasteiger partial charge in [-0.3, -0.25) is 4.79 Å². The molecule has 0 radical (unpaired) electrons. The molecule has 2 aliphatic rings. The van der Waals surface area contributed by atoms with E-state index in [1.165, 1.54) is 6.42 Å². The predicted octanol–water partition coefficient (Wildman–Crippen LogP) is 1.51. The fourth-order valence-electron chi connectivity index (χ4n) is 3.68. The minimum absolute atomic E-state index is 0.00282. The lowest BCUT2D eigenvalue weighted by Crippen LogP contribution is -2.53. The largest absolute Gasteiger partial charge is 0.396 e. The van der Waals surface area contributed by atoms with Gasteiger partial charge in [0.15, 0.2) is 0 Å². The van der Waals surface area contributed by atoms with Crippen molar-refractivity contribution in [2.45, 2.75) is 64.0 Å². The first-order valence-electron chi connectivity index (χ1n) is 7.82. The molecule has 0 spiro atoms. The van der Waals surface area contributed by atoms with Gasteiger partial charge in [0.2, 0.25) is 5.91 Å². The van der Waals surface area contributed by atoms with Crippen molar-refractivity contribution in [1.82, 2.24) is 4.90 Å². The van der Waals surface area contributed by atoms with E-state index in [1.807, 2.05) is 4.90 Å². The van der Waals surface area contributed by atoms with E-state index in [0.29, 0.717) is 12.3 Å². The fourth-order valence-corrected chi connectivity index (χ4v) is 3.68. The molecular weight excluding hydrogens is 240 g/mol. The number of likely N-dealkylation sites (tertiary alicyclic amines) is 1. The second-order valence-corrected chi connectivity index (χ2v) is 6.29. The average Bonchev–Trinajstić information content (AvgIpc) is 2.42. The summed E-state index contributed by atoms with van der Waals surface area (Å²) < 4.78 is 0. The van der Waals surface area contributed by atoms with Gasteiger partial charge in [0.25, 0.3) is 0 Å². The van der Waals surface area contributed by atoms with Crippen LogP contribution in [0.25, 0.3) is 0 Å². The molecule has 4 unspecified atom stereocenters. The van der Waals surface area contributed by atoms with Crippen LogP contribution in [0.5, 0.6) is 0 Å². The molecule has 4 heteroatoms. The van der Waals surface area contributed by atoms with Crippen molar-refractivity contribution in [3.63, 3.8) is 0 Å². The van der Waals surface area contributed by atoms with E-state index in [-0.39, 0.29) is 30.5 Å². The summed E-state index contributed by atoms with van der Waals surface area (Å²) in [5.74, 6) is 0.698. The van der Waals surface area contributed by atoms with E-state index >= 15 is 0 Å². The Kier molecular flexibility index (Phi) is 5.22. The van der Waals surface area contributed by atoms with Gasteiger partial charge < -0.3 is 15.7 Å². The molecule has 2 rings (SSSR count). The van der Waals surface area contributed by atoms with E-state index in [2.05, 4.69) is 6.92 Å². The molecule has 19 heavy (non-hydrogen) atoms. The summed E-state index contributed by atoms with van der Waals surface area (Å²) in [7, 11) is 0. The van der Waals surface area contributed by atoms with Crippen LogP contribution in [0, 0.1) is 11.8 Å². The van der Waals surface area contributed by atoms with Crippen molar-refractivity contribution in [2.24, 2.45) is 17.6 Å². The third kappa shape index (κ3) is 3.29. The number of carbonyl (C=O) groups is 1. The zero-order valence-corrected chi connectivity index (χ0v) is 12.1. The van der Waals surface area contributed by atoms with E-state index < -0.39 is 0 Å². The van der Waals surface area contributed by atoms with Crippen molar-refractivity contribution in [1.29, 1.82) is 0 Å². The summed E-state index contributed by atoms with van der Waals surface area (Å²) in [6.07, 6.45) is 7.20. The normalized spacial score (nSPS) is 36.3. The molecule has 0 bridgehead atoms. The summed E-state index contributed by atoms with van der Waals surface area (Å²) in [4.78, 5) is 14.8. The fraction of sp³-hybridized carbons (Fsp3) is 0.933. The second-order valence-electron chi connectivity index (χ2n) is 6.29. The average molecular weight is 268 g/mol. The first kappa shape index (κ1) is 14.8. The molecule has 0 aromatic heterocycles. The monoisotopic (exact) mass is 268 g/mol. The van der Waals surface area contributed by atoms with Crippen LogP contribution in [0.3, 0.4) is 0 Å². The van der Waals surface area contributed by atoms with Gasteiger partial charge >= 0.3 is 0 Å². The maximum absolute atomic E-state index is 12.8. The number of piperidine rings is 1. The quantitative estimate of drug-likeness (QED) is 0.815. The van der Waals surface area contributed by atoms with Crippen LogP contribution in [0.4, 0.5) is 0 Å². The number of carbonyl (C=O) groups excluding carboxylic acids is 1. The SMILES string of the molecule is CC1CCCC(C(=O)N2CCCCC2CCO)C1N. The lowest BCUT2D eigenvalue weighted by molar-refractivity contribution is -0.141. The third-order valence-electron chi connectivity index (χ3n) is 4.99. The number of aliphatic hydroxyl groups is 1. The molecule has 1 saturated heterocycles. The number of hydrogen-bond acceptors (Lipinski definition) is 3. The zero-order valence-electron chi connectivity index (χ0n) is 12.1. The highest BCUT2D eigenvalue weighted by molar-refractivity contribution is 5.80. The van der Waals surface area contributed by atoms with E-state index in [4.69, 9.17) is 10.8 Å². The van der Waals surface area contributed by atoms with Crippen molar-refractivity contribution in [3.8, 4) is 0 Å². The number of hydrogen-bond donors (Lipinski definition) is 2. The van der Waals surface area contributed by atoms with E-state index in [0.717, 1.165) is 38.6 Å². The second kappa shape index (κ2) is 6.71. The van der Waals surface area contributed by atoms with Gasteiger partial charge in [-0.1, -0.05) is 13.3 Å². The van der Waals surface area contributed by atoms with Crippen LogP contribution >= 0.6 is 0 Å².